The van der Waals surface area contributed by atoms with E-state index in [9.17, 15) is 30.7 Å². The summed E-state index contributed by atoms with van der Waals surface area (Å²) in [5, 5.41) is 0. The van der Waals surface area contributed by atoms with Gasteiger partial charge < -0.3 is 4.74 Å². The average molecular weight is 341 g/mol. The lowest BCUT2D eigenvalue weighted by Crippen LogP contribution is -2.55. The van der Waals surface area contributed by atoms with Crippen molar-refractivity contribution >= 4 is 32.7 Å². The summed E-state index contributed by atoms with van der Waals surface area (Å²) in [5.74, 6) is -5.64. The SMILES string of the molecule is FC(F)(F)C(F)(OCCC[SiH2]C(Cl)Cl)C(F)(F)F. The first-order valence-corrected chi connectivity index (χ1v) is 7.35. The molecule has 0 spiro atoms. The molecular weight excluding hydrogens is 332 g/mol. The Hall–Kier alpha value is 0.267. The Kier molecular flexibility index (Phi) is 6.72. The highest BCUT2D eigenvalue weighted by atomic mass is 35.5. The predicted octanol–water partition coefficient (Wildman–Crippen LogP) is 3.53. The number of halogens is 9. The maximum absolute atomic E-state index is 12.9. The quantitative estimate of drug-likeness (QED) is 0.311. The van der Waals surface area contributed by atoms with Gasteiger partial charge in [0.05, 0.1) is 20.6 Å². The summed E-state index contributed by atoms with van der Waals surface area (Å²) in [6.45, 7) is -1.01. The average Bonchev–Trinajstić information content (AvgIpc) is 2.12. The van der Waals surface area contributed by atoms with E-state index < -0.39 is 38.8 Å². The van der Waals surface area contributed by atoms with Gasteiger partial charge in [0.25, 0.3) is 0 Å². The van der Waals surface area contributed by atoms with Gasteiger partial charge in [-0.1, -0.05) is 6.04 Å². The van der Waals surface area contributed by atoms with E-state index in [1.165, 1.54) is 0 Å². The molecule has 0 saturated heterocycles. The van der Waals surface area contributed by atoms with Gasteiger partial charge in [0.15, 0.2) is 0 Å². The summed E-state index contributed by atoms with van der Waals surface area (Å²) >= 11 is 10.7. The molecule has 0 aliphatic carbocycles. The highest BCUT2D eigenvalue weighted by molar-refractivity contribution is 6.68. The van der Waals surface area contributed by atoms with Gasteiger partial charge in [-0.2, -0.15) is 30.7 Å². The zero-order chi connectivity index (χ0) is 14.6. The van der Waals surface area contributed by atoms with Crippen LogP contribution in [0.2, 0.25) is 6.04 Å². The predicted molar refractivity (Wildman–Crippen MR) is 55.4 cm³/mol. The van der Waals surface area contributed by atoms with Crippen LogP contribution in [0.15, 0.2) is 0 Å². The Morgan fingerprint density at radius 1 is 0.944 bits per heavy atom. The minimum Gasteiger partial charge on any atom is -0.332 e. The van der Waals surface area contributed by atoms with E-state index in [1.807, 2.05) is 0 Å². The molecule has 0 fully saturated rings. The second kappa shape index (κ2) is 6.62. The summed E-state index contributed by atoms with van der Waals surface area (Å²) in [5.41, 5.74) is 0. The van der Waals surface area contributed by atoms with Gasteiger partial charge in [-0.15, -0.1) is 23.2 Å². The fourth-order valence-corrected chi connectivity index (χ4v) is 2.67. The normalized spacial score (nSPS) is 15.0. The summed E-state index contributed by atoms with van der Waals surface area (Å²) < 4.78 is 87.5. The molecular formula is C7H9Cl2F7OSi. The molecule has 0 radical (unpaired) electrons. The molecule has 0 saturated carbocycles. The molecule has 1 nitrogen and oxygen atoms in total. The Morgan fingerprint density at radius 2 is 1.39 bits per heavy atom. The Bertz CT molecular complexity index is 241. The van der Waals surface area contributed by atoms with Crippen molar-refractivity contribution in [1.82, 2.24) is 0 Å². The fourth-order valence-electron chi connectivity index (χ4n) is 0.938. The number of rotatable bonds is 6. The van der Waals surface area contributed by atoms with Crippen molar-refractivity contribution < 1.29 is 35.5 Å². The lowest BCUT2D eigenvalue weighted by molar-refractivity contribution is -0.429. The van der Waals surface area contributed by atoms with Crippen LogP contribution in [-0.2, 0) is 4.74 Å². The van der Waals surface area contributed by atoms with E-state index in [2.05, 4.69) is 4.74 Å². The van der Waals surface area contributed by atoms with Crippen LogP contribution >= 0.6 is 23.2 Å². The van der Waals surface area contributed by atoms with E-state index in [0.29, 0.717) is 0 Å². The van der Waals surface area contributed by atoms with E-state index in [0.717, 1.165) is 0 Å². The molecule has 11 heteroatoms. The minimum absolute atomic E-state index is 0.167. The highest BCUT2D eigenvalue weighted by Gasteiger charge is 2.74. The molecule has 0 aliphatic heterocycles. The summed E-state index contributed by atoms with van der Waals surface area (Å²) in [6.07, 6.45) is -12.5. The highest BCUT2D eigenvalue weighted by Crippen LogP contribution is 2.46. The van der Waals surface area contributed by atoms with Crippen LogP contribution in [-0.4, -0.2) is 38.8 Å². The number of hydrogen-bond acceptors (Lipinski definition) is 1. The first kappa shape index (κ1) is 18.3. The van der Waals surface area contributed by atoms with Gasteiger partial charge in [0, 0.05) is 0 Å². The molecule has 0 N–H and O–H groups in total. The van der Waals surface area contributed by atoms with E-state index >= 15 is 0 Å². The minimum atomic E-state index is -6.18. The van der Waals surface area contributed by atoms with Crippen LogP contribution in [0.4, 0.5) is 30.7 Å². The molecule has 0 aliphatic rings. The van der Waals surface area contributed by atoms with Crippen LogP contribution in [0.5, 0.6) is 0 Å². The summed E-state index contributed by atoms with van der Waals surface area (Å²) in [7, 11) is -1.02. The number of ether oxygens (including phenoxy) is 1. The van der Waals surface area contributed by atoms with Crippen LogP contribution < -0.4 is 0 Å². The van der Waals surface area contributed by atoms with Crippen molar-refractivity contribution in [3.8, 4) is 0 Å². The van der Waals surface area contributed by atoms with Gasteiger partial charge in [-0.25, -0.2) is 0 Å². The molecule has 0 aromatic heterocycles. The largest absolute Gasteiger partial charge is 0.458 e. The van der Waals surface area contributed by atoms with Crippen molar-refractivity contribution in [2.75, 3.05) is 6.61 Å². The van der Waals surface area contributed by atoms with Crippen LogP contribution in [0, 0.1) is 0 Å². The molecule has 18 heavy (non-hydrogen) atoms. The van der Waals surface area contributed by atoms with Gasteiger partial charge in [0.1, 0.15) is 0 Å². The maximum atomic E-state index is 12.9. The molecule has 0 unspecified atom stereocenters. The van der Waals surface area contributed by atoms with E-state index in [4.69, 9.17) is 23.2 Å². The standard InChI is InChI=1S/C7H9Cl2F7OSi/c8-4(9)18-3-1-2-17-5(10,6(11,12)13)7(14,15)16/h4H,1-3,18H2. The lowest BCUT2D eigenvalue weighted by Gasteiger charge is -2.29. The third kappa shape index (κ3) is 5.10. The van der Waals surface area contributed by atoms with Gasteiger partial charge in [-0.05, 0) is 6.42 Å². The van der Waals surface area contributed by atoms with Crippen LogP contribution in [0.25, 0.3) is 0 Å². The van der Waals surface area contributed by atoms with Gasteiger partial charge >= 0.3 is 18.2 Å². The topological polar surface area (TPSA) is 9.23 Å². The monoisotopic (exact) mass is 340 g/mol. The third-order valence-electron chi connectivity index (χ3n) is 1.85. The first-order valence-electron chi connectivity index (χ1n) is 4.66. The van der Waals surface area contributed by atoms with Crippen LogP contribution in [0.3, 0.4) is 0 Å². The van der Waals surface area contributed by atoms with Crippen molar-refractivity contribution in [3.05, 3.63) is 0 Å². The number of alkyl halides is 9. The van der Waals surface area contributed by atoms with Gasteiger partial charge in [-0.3, -0.25) is 0 Å². The zero-order valence-corrected chi connectivity index (χ0v) is 11.6. The second-order valence-corrected chi connectivity index (χ2v) is 7.74. The Labute approximate surface area is 110 Å². The summed E-state index contributed by atoms with van der Waals surface area (Å²) in [6, 6.07) is 0.253. The van der Waals surface area contributed by atoms with Crippen molar-refractivity contribution in [2.45, 2.75) is 35.1 Å². The Balaban J connectivity index is 4.39. The third-order valence-corrected chi connectivity index (χ3v) is 4.50. The van der Waals surface area contributed by atoms with Gasteiger partial charge in [0.2, 0.25) is 0 Å². The smallest absolute Gasteiger partial charge is 0.332 e. The van der Waals surface area contributed by atoms with E-state index in [1.54, 1.807) is 0 Å². The lowest BCUT2D eigenvalue weighted by atomic mass is 10.3. The molecule has 0 aromatic carbocycles. The molecule has 0 rings (SSSR count). The second-order valence-electron chi connectivity index (χ2n) is 3.33. The fraction of sp³-hybridized carbons (Fsp3) is 1.00. The summed E-state index contributed by atoms with van der Waals surface area (Å²) in [4.78, 5) is 0. The molecule has 0 amide bonds. The molecule has 0 bridgehead atoms. The van der Waals surface area contributed by atoms with Crippen molar-refractivity contribution in [2.24, 2.45) is 0 Å². The van der Waals surface area contributed by atoms with Crippen molar-refractivity contribution in [3.63, 3.8) is 0 Å². The van der Waals surface area contributed by atoms with E-state index in [-0.39, 0.29) is 12.5 Å². The number of hydrogen-bond donors (Lipinski definition) is 0. The zero-order valence-electron chi connectivity index (χ0n) is 8.72. The Morgan fingerprint density at radius 3 is 1.72 bits per heavy atom. The molecule has 0 heterocycles. The molecule has 0 aromatic rings. The van der Waals surface area contributed by atoms with Crippen molar-refractivity contribution in [1.29, 1.82) is 0 Å². The molecule has 0 atom stereocenters. The van der Waals surface area contributed by atoms with Crippen LogP contribution in [0.1, 0.15) is 6.42 Å². The first-order chi connectivity index (χ1) is 7.92. The molecule has 110 valence electrons. The maximum Gasteiger partial charge on any atom is 0.458 e.